The Morgan fingerprint density at radius 2 is 2.25 bits per heavy atom. The van der Waals surface area contributed by atoms with Crippen molar-refractivity contribution in [2.75, 3.05) is 7.11 Å². The maximum absolute atomic E-state index is 5.20. The Labute approximate surface area is 57.5 Å². The first kappa shape index (κ1) is 5.24. The fraction of sp³-hybridized carbons (Fsp3) is 1.00. The summed E-state index contributed by atoms with van der Waals surface area (Å²) in [6, 6.07) is 0. The van der Waals surface area contributed by atoms with Crippen LogP contribution in [0.2, 0.25) is 0 Å². The average Bonchev–Trinajstić information content (AvgIpc) is 2.57. The third kappa shape index (κ3) is 0.415. The molecule has 0 saturated heterocycles. The summed E-state index contributed by atoms with van der Waals surface area (Å²) < 4.78 is 5.20. The quantitative estimate of drug-likeness (QED) is 0.552. The zero-order valence-electron chi connectivity index (χ0n) is 4.86. The molecule has 2 aliphatic rings. The van der Waals surface area contributed by atoms with Crippen molar-refractivity contribution in [3.8, 4) is 0 Å². The summed E-state index contributed by atoms with van der Waals surface area (Å²) in [7, 11) is 1.80. The van der Waals surface area contributed by atoms with Crippen molar-refractivity contribution in [3.05, 3.63) is 0 Å². The van der Waals surface area contributed by atoms with Crippen molar-refractivity contribution in [1.29, 1.82) is 0 Å². The molecular weight excluding hydrogens is 168 g/mol. The van der Waals surface area contributed by atoms with Gasteiger partial charge in [0, 0.05) is 17.4 Å². The lowest BCUT2D eigenvalue weighted by atomic mass is 10.4. The van der Waals surface area contributed by atoms with Crippen LogP contribution in [0.25, 0.3) is 0 Å². The molecule has 2 aliphatic carbocycles. The van der Waals surface area contributed by atoms with Crippen LogP contribution in [0.1, 0.15) is 12.8 Å². The number of methoxy groups -OCH3 is 1. The van der Waals surface area contributed by atoms with Crippen LogP contribution in [0.15, 0.2) is 0 Å². The number of hydrogen-bond acceptors (Lipinski definition) is 1. The molecule has 0 aliphatic heterocycles. The van der Waals surface area contributed by atoms with Crippen LogP contribution in [0.3, 0.4) is 0 Å². The first-order valence-corrected chi connectivity index (χ1v) is 3.90. The Hall–Kier alpha value is 0.440. The van der Waals surface area contributed by atoms with E-state index in [1.54, 1.807) is 7.11 Å². The fourth-order valence-corrected chi connectivity index (χ4v) is 2.77. The Bertz CT molecular complexity index is 120. The second kappa shape index (κ2) is 1.29. The van der Waals surface area contributed by atoms with Crippen LogP contribution in [0.5, 0.6) is 0 Å². The van der Waals surface area contributed by atoms with Gasteiger partial charge >= 0.3 is 0 Å². The summed E-state index contributed by atoms with van der Waals surface area (Å²) in [5.74, 6) is 0. The van der Waals surface area contributed by atoms with Gasteiger partial charge in [0.15, 0.2) is 0 Å². The van der Waals surface area contributed by atoms with Gasteiger partial charge in [0.05, 0.1) is 6.10 Å². The van der Waals surface area contributed by atoms with E-state index in [4.69, 9.17) is 4.74 Å². The molecule has 2 atom stereocenters. The van der Waals surface area contributed by atoms with E-state index in [1.807, 2.05) is 0 Å². The number of ether oxygens (including phenoxy) is 1. The highest BCUT2D eigenvalue weighted by molar-refractivity contribution is 9.09. The summed E-state index contributed by atoms with van der Waals surface area (Å²) in [5, 5.41) is 0. The predicted octanol–water partition coefficient (Wildman–Crippen LogP) is 1.56. The van der Waals surface area contributed by atoms with Crippen LogP contribution < -0.4 is 0 Å². The minimum Gasteiger partial charge on any atom is -0.380 e. The van der Waals surface area contributed by atoms with Gasteiger partial charge in [-0.25, -0.2) is 0 Å². The highest BCUT2D eigenvalue weighted by atomic mass is 79.9. The minimum atomic E-state index is 0.544. The summed E-state index contributed by atoms with van der Waals surface area (Å²) in [6.45, 7) is 0. The molecule has 0 amide bonds. The molecule has 0 N–H and O–H groups in total. The van der Waals surface area contributed by atoms with Gasteiger partial charge in [0.25, 0.3) is 0 Å². The molecule has 2 unspecified atom stereocenters. The highest BCUT2D eigenvalue weighted by Gasteiger charge is 2.71. The largest absolute Gasteiger partial charge is 0.380 e. The number of alkyl halides is 1. The Morgan fingerprint density at radius 3 is 2.38 bits per heavy atom. The molecule has 1 spiro atoms. The van der Waals surface area contributed by atoms with Crippen LogP contribution in [0, 0.1) is 5.41 Å². The third-order valence-corrected chi connectivity index (χ3v) is 3.75. The molecule has 2 fully saturated rings. The van der Waals surface area contributed by atoms with E-state index in [2.05, 4.69) is 15.9 Å². The van der Waals surface area contributed by atoms with Gasteiger partial charge in [0.1, 0.15) is 0 Å². The molecule has 0 aromatic carbocycles. The zero-order chi connectivity index (χ0) is 5.78. The summed E-state index contributed by atoms with van der Waals surface area (Å²) >= 11 is 3.57. The molecule has 2 saturated carbocycles. The lowest BCUT2D eigenvalue weighted by Gasteiger charge is -1.86. The molecule has 2 heteroatoms. The topological polar surface area (TPSA) is 9.23 Å². The first-order chi connectivity index (χ1) is 3.81. The van der Waals surface area contributed by atoms with Crippen LogP contribution in [-0.4, -0.2) is 18.0 Å². The molecule has 0 aromatic heterocycles. The van der Waals surface area contributed by atoms with Crippen LogP contribution >= 0.6 is 15.9 Å². The number of rotatable bonds is 1. The summed E-state index contributed by atoms with van der Waals surface area (Å²) in [5.41, 5.74) is 0.620. The molecule has 46 valence electrons. The monoisotopic (exact) mass is 176 g/mol. The second-order valence-electron chi connectivity index (χ2n) is 2.79. The molecule has 1 nitrogen and oxygen atoms in total. The lowest BCUT2D eigenvalue weighted by Crippen LogP contribution is -1.89. The number of hydrogen-bond donors (Lipinski definition) is 0. The normalized spacial score (nSPS) is 47.2. The van der Waals surface area contributed by atoms with E-state index in [0.717, 1.165) is 0 Å². The lowest BCUT2D eigenvalue weighted by molar-refractivity contribution is 0.167. The van der Waals surface area contributed by atoms with Crippen LogP contribution in [0.4, 0.5) is 0 Å². The van der Waals surface area contributed by atoms with Crippen molar-refractivity contribution in [2.45, 2.75) is 23.8 Å². The second-order valence-corrected chi connectivity index (χ2v) is 3.78. The van der Waals surface area contributed by atoms with Gasteiger partial charge in [-0.05, 0) is 12.8 Å². The van der Waals surface area contributed by atoms with Crippen molar-refractivity contribution in [2.24, 2.45) is 5.41 Å². The Kier molecular flexibility index (Phi) is 0.848. The van der Waals surface area contributed by atoms with E-state index in [1.165, 1.54) is 12.8 Å². The van der Waals surface area contributed by atoms with Gasteiger partial charge in [-0.1, -0.05) is 15.9 Å². The van der Waals surface area contributed by atoms with Crippen molar-refractivity contribution >= 4 is 15.9 Å². The van der Waals surface area contributed by atoms with E-state index < -0.39 is 0 Å². The van der Waals surface area contributed by atoms with Crippen molar-refractivity contribution < 1.29 is 4.74 Å². The van der Waals surface area contributed by atoms with Gasteiger partial charge in [-0.2, -0.15) is 0 Å². The SMILES string of the molecule is COC1C(Br)C12CC2. The first-order valence-electron chi connectivity index (χ1n) is 2.98. The van der Waals surface area contributed by atoms with E-state index in [9.17, 15) is 0 Å². The Morgan fingerprint density at radius 1 is 1.62 bits per heavy atom. The van der Waals surface area contributed by atoms with Gasteiger partial charge in [-0.15, -0.1) is 0 Å². The molecule has 0 aromatic rings. The third-order valence-electron chi connectivity index (χ3n) is 2.35. The number of halogens is 1. The van der Waals surface area contributed by atoms with Gasteiger partial charge in [-0.3, -0.25) is 0 Å². The molecule has 0 bridgehead atoms. The van der Waals surface area contributed by atoms with Gasteiger partial charge < -0.3 is 4.74 Å². The van der Waals surface area contributed by atoms with E-state index in [0.29, 0.717) is 16.3 Å². The molecular formula is C6H9BrO. The van der Waals surface area contributed by atoms with Crippen molar-refractivity contribution in [3.63, 3.8) is 0 Å². The summed E-state index contributed by atoms with van der Waals surface area (Å²) in [6.07, 6.45) is 3.30. The molecule has 0 heterocycles. The minimum absolute atomic E-state index is 0.544. The van der Waals surface area contributed by atoms with Crippen molar-refractivity contribution in [1.82, 2.24) is 0 Å². The molecule has 0 radical (unpaired) electrons. The standard InChI is InChI=1S/C6H9BrO/c1-8-5-4(7)6(5)2-3-6/h4-5H,2-3H2,1H3. The van der Waals surface area contributed by atoms with Crippen LogP contribution in [-0.2, 0) is 4.74 Å². The predicted molar refractivity (Wildman–Crippen MR) is 35.2 cm³/mol. The summed E-state index contributed by atoms with van der Waals surface area (Å²) in [4.78, 5) is 0.681. The smallest absolute Gasteiger partial charge is 0.0770 e. The molecule has 8 heavy (non-hydrogen) atoms. The van der Waals surface area contributed by atoms with E-state index >= 15 is 0 Å². The zero-order valence-corrected chi connectivity index (χ0v) is 6.44. The Balaban J connectivity index is 2.04. The maximum atomic E-state index is 5.20. The van der Waals surface area contributed by atoms with E-state index in [-0.39, 0.29) is 0 Å². The average molecular weight is 177 g/mol. The van der Waals surface area contributed by atoms with Gasteiger partial charge in [0.2, 0.25) is 0 Å². The fourth-order valence-electron chi connectivity index (χ4n) is 1.46. The maximum Gasteiger partial charge on any atom is 0.0770 e. The molecule has 2 rings (SSSR count). The highest BCUT2D eigenvalue weighted by Crippen LogP contribution is 2.70.